The summed E-state index contributed by atoms with van der Waals surface area (Å²) >= 11 is 3.34. The number of hydrogen-bond donors (Lipinski definition) is 1. The summed E-state index contributed by atoms with van der Waals surface area (Å²) in [6.07, 6.45) is 1.40. The van der Waals surface area contributed by atoms with Gasteiger partial charge in [0.05, 0.1) is 11.0 Å². The van der Waals surface area contributed by atoms with Crippen LogP contribution in [0.4, 0.5) is 0 Å². The van der Waals surface area contributed by atoms with Crippen molar-refractivity contribution in [2.75, 3.05) is 0 Å². The van der Waals surface area contributed by atoms with E-state index in [1.165, 1.54) is 10.6 Å². The fourth-order valence-corrected chi connectivity index (χ4v) is 2.49. The molecule has 0 aliphatic carbocycles. The van der Waals surface area contributed by atoms with Crippen molar-refractivity contribution in [3.8, 4) is 0 Å². The van der Waals surface area contributed by atoms with E-state index in [1.807, 2.05) is 36.4 Å². The second-order valence-electron chi connectivity index (χ2n) is 4.89. The first kappa shape index (κ1) is 14.5. The van der Waals surface area contributed by atoms with Crippen molar-refractivity contribution >= 4 is 38.8 Å². The Kier molecular flexibility index (Phi) is 3.81. The number of para-hydroxylation sites is 2. The minimum Gasteiger partial charge on any atom is -0.507 e. The maximum atomic E-state index is 12.3. The molecule has 1 heterocycles. The monoisotopic (exact) mass is 356 g/mol. The minimum absolute atomic E-state index is 0.00683. The Morgan fingerprint density at radius 2 is 1.86 bits per heavy atom. The van der Waals surface area contributed by atoms with E-state index in [-0.39, 0.29) is 17.0 Å². The maximum Gasteiger partial charge on any atom is 0.276 e. The predicted octanol–water partition coefficient (Wildman–Crippen LogP) is 3.75. The average molecular weight is 357 g/mol. The zero-order valence-corrected chi connectivity index (χ0v) is 13.4. The number of fused-ring (bicyclic) bond motifs is 1. The lowest BCUT2D eigenvalue weighted by molar-refractivity contribution is 0.515. The van der Waals surface area contributed by atoms with Crippen LogP contribution < -0.4 is 5.56 Å². The van der Waals surface area contributed by atoms with E-state index in [0.29, 0.717) is 11.1 Å². The third-order valence-corrected chi connectivity index (χ3v) is 3.95. The molecule has 0 atom stereocenters. The van der Waals surface area contributed by atoms with Crippen molar-refractivity contribution < 1.29 is 5.11 Å². The molecule has 0 saturated carbocycles. The van der Waals surface area contributed by atoms with Crippen molar-refractivity contribution in [3.05, 3.63) is 74.6 Å². The zero-order valence-electron chi connectivity index (χ0n) is 11.8. The highest BCUT2D eigenvalue weighted by Crippen LogP contribution is 2.18. The van der Waals surface area contributed by atoms with Crippen LogP contribution >= 0.6 is 15.9 Å². The van der Waals surface area contributed by atoms with E-state index in [2.05, 4.69) is 20.9 Å². The third kappa shape index (κ3) is 2.67. The molecule has 2 aromatic carbocycles. The zero-order chi connectivity index (χ0) is 15.7. The van der Waals surface area contributed by atoms with Gasteiger partial charge in [-0.25, -0.2) is 4.98 Å². The van der Waals surface area contributed by atoms with Gasteiger partial charge in [-0.1, -0.05) is 40.2 Å². The molecule has 0 aliphatic heterocycles. The summed E-state index contributed by atoms with van der Waals surface area (Å²) in [7, 11) is 1.69. The lowest BCUT2D eigenvalue weighted by atomic mass is 10.1. The molecule has 3 aromatic rings. The Bertz CT molecular complexity index is 928. The molecule has 5 heteroatoms. The number of halogens is 1. The van der Waals surface area contributed by atoms with Crippen LogP contribution in [0.2, 0.25) is 0 Å². The molecular weight excluding hydrogens is 344 g/mol. The van der Waals surface area contributed by atoms with Gasteiger partial charge in [0.1, 0.15) is 11.5 Å². The van der Waals surface area contributed by atoms with E-state index in [0.717, 1.165) is 9.99 Å². The predicted molar refractivity (Wildman–Crippen MR) is 91.6 cm³/mol. The number of aromatic nitrogens is 2. The van der Waals surface area contributed by atoms with Gasteiger partial charge in [-0.3, -0.25) is 4.79 Å². The topological polar surface area (TPSA) is 55.1 Å². The van der Waals surface area contributed by atoms with Gasteiger partial charge in [-0.2, -0.15) is 0 Å². The molecule has 3 rings (SSSR count). The van der Waals surface area contributed by atoms with Crippen molar-refractivity contribution in [1.82, 2.24) is 9.55 Å². The lowest BCUT2D eigenvalue weighted by Crippen LogP contribution is -2.21. The molecule has 0 bridgehead atoms. The van der Waals surface area contributed by atoms with Gasteiger partial charge in [-0.05, 0) is 24.3 Å². The van der Waals surface area contributed by atoms with Crippen molar-refractivity contribution in [3.63, 3.8) is 0 Å². The standard InChI is InChI=1S/C17H13BrN2O2/c1-20-15-5-3-2-4-13(15)19-14(17(20)22)10-16(21)11-6-8-12(18)9-7-11/h2-10,21H,1H3/b16-10-. The van der Waals surface area contributed by atoms with E-state index in [1.54, 1.807) is 19.2 Å². The molecule has 0 aliphatic rings. The fraction of sp³-hybridized carbons (Fsp3) is 0.0588. The Morgan fingerprint density at radius 1 is 1.18 bits per heavy atom. The molecule has 0 amide bonds. The van der Waals surface area contributed by atoms with E-state index < -0.39 is 0 Å². The summed E-state index contributed by atoms with van der Waals surface area (Å²) in [6, 6.07) is 14.6. The summed E-state index contributed by atoms with van der Waals surface area (Å²) in [5, 5.41) is 10.2. The molecule has 0 saturated heterocycles. The van der Waals surface area contributed by atoms with Crippen LogP contribution in [0, 0.1) is 0 Å². The number of hydrogen-bond acceptors (Lipinski definition) is 3. The Labute approximate surface area is 135 Å². The highest BCUT2D eigenvalue weighted by atomic mass is 79.9. The summed E-state index contributed by atoms with van der Waals surface area (Å²) in [4.78, 5) is 16.7. The molecule has 0 fully saturated rings. The number of aliphatic hydroxyl groups excluding tert-OH is 1. The summed E-state index contributed by atoms with van der Waals surface area (Å²) in [6.45, 7) is 0. The highest BCUT2D eigenvalue weighted by Gasteiger charge is 2.08. The molecule has 0 radical (unpaired) electrons. The minimum atomic E-state index is -0.248. The van der Waals surface area contributed by atoms with Crippen LogP contribution in [-0.4, -0.2) is 14.7 Å². The number of rotatable bonds is 2. The largest absolute Gasteiger partial charge is 0.507 e. The van der Waals surface area contributed by atoms with Crippen molar-refractivity contribution in [2.45, 2.75) is 0 Å². The fourth-order valence-electron chi connectivity index (χ4n) is 2.23. The number of aliphatic hydroxyl groups is 1. The first-order chi connectivity index (χ1) is 10.6. The Morgan fingerprint density at radius 3 is 2.59 bits per heavy atom. The van der Waals surface area contributed by atoms with E-state index >= 15 is 0 Å². The van der Waals surface area contributed by atoms with Crippen LogP contribution in [0.25, 0.3) is 22.9 Å². The highest BCUT2D eigenvalue weighted by molar-refractivity contribution is 9.10. The van der Waals surface area contributed by atoms with Gasteiger partial charge in [-0.15, -0.1) is 0 Å². The van der Waals surface area contributed by atoms with E-state index in [4.69, 9.17) is 0 Å². The van der Waals surface area contributed by atoms with Crippen molar-refractivity contribution in [1.29, 1.82) is 0 Å². The number of benzene rings is 2. The molecule has 1 aromatic heterocycles. The van der Waals surface area contributed by atoms with Crippen LogP contribution in [0.5, 0.6) is 0 Å². The van der Waals surface area contributed by atoms with Crippen LogP contribution in [-0.2, 0) is 7.05 Å². The summed E-state index contributed by atoms with van der Waals surface area (Å²) < 4.78 is 2.45. The van der Waals surface area contributed by atoms with E-state index in [9.17, 15) is 9.90 Å². The first-order valence-electron chi connectivity index (χ1n) is 6.68. The van der Waals surface area contributed by atoms with Gasteiger partial charge in [0.15, 0.2) is 0 Å². The first-order valence-corrected chi connectivity index (χ1v) is 7.48. The Hall–Kier alpha value is -2.40. The third-order valence-electron chi connectivity index (χ3n) is 3.42. The van der Waals surface area contributed by atoms with Gasteiger partial charge in [0, 0.05) is 23.2 Å². The SMILES string of the molecule is Cn1c(=O)c(/C=C(\O)c2ccc(Br)cc2)nc2ccccc21. The maximum absolute atomic E-state index is 12.3. The van der Waals surface area contributed by atoms with Gasteiger partial charge >= 0.3 is 0 Å². The summed E-state index contributed by atoms with van der Waals surface area (Å²) in [5.41, 5.74) is 2.05. The number of nitrogens with zero attached hydrogens (tertiary/aromatic N) is 2. The number of aryl methyl sites for hydroxylation is 1. The molecule has 110 valence electrons. The average Bonchev–Trinajstić information content (AvgIpc) is 2.53. The molecular formula is C17H13BrN2O2. The van der Waals surface area contributed by atoms with Crippen LogP contribution in [0.3, 0.4) is 0 Å². The normalized spacial score (nSPS) is 11.8. The smallest absolute Gasteiger partial charge is 0.276 e. The van der Waals surface area contributed by atoms with Crippen molar-refractivity contribution in [2.24, 2.45) is 7.05 Å². The lowest BCUT2D eigenvalue weighted by Gasteiger charge is -2.06. The second kappa shape index (κ2) is 5.77. The molecule has 22 heavy (non-hydrogen) atoms. The summed E-state index contributed by atoms with van der Waals surface area (Å²) in [5.74, 6) is 0.00683. The van der Waals surface area contributed by atoms with Gasteiger partial charge in [0.2, 0.25) is 0 Å². The molecule has 4 nitrogen and oxygen atoms in total. The Balaban J connectivity index is 2.14. The van der Waals surface area contributed by atoms with Gasteiger partial charge < -0.3 is 9.67 Å². The second-order valence-corrected chi connectivity index (χ2v) is 5.80. The molecule has 1 N–H and O–H groups in total. The van der Waals surface area contributed by atoms with Crippen LogP contribution in [0.1, 0.15) is 11.3 Å². The molecule has 0 unspecified atom stereocenters. The van der Waals surface area contributed by atoms with Gasteiger partial charge in [0.25, 0.3) is 5.56 Å². The quantitative estimate of drug-likeness (QED) is 0.711. The molecule has 0 spiro atoms. The van der Waals surface area contributed by atoms with Crippen LogP contribution in [0.15, 0.2) is 57.8 Å².